The van der Waals surface area contributed by atoms with E-state index >= 15 is 0 Å². The van der Waals surface area contributed by atoms with Crippen LogP contribution in [0.4, 0.5) is 10.5 Å². The number of hydrogen-bond donors (Lipinski definition) is 3. The Labute approximate surface area is 192 Å². The van der Waals surface area contributed by atoms with Gasteiger partial charge in [-0.05, 0) is 53.6 Å². The Bertz CT molecular complexity index is 1230. The lowest BCUT2D eigenvalue weighted by Crippen LogP contribution is -2.32. The summed E-state index contributed by atoms with van der Waals surface area (Å²) in [5.74, 6) is 1.92. The standard InChI is InChI=1S/C26H27N3O4/c1-31-19-11-9-18(10-12-19)29-26(30)28-15-21(17-8-13-24(32-2)25(14-17)33-3)22-16-27-23-7-5-4-6-20(22)23/h4-14,16,21,27H,15H2,1-3H3,(H2,28,29,30). The summed E-state index contributed by atoms with van der Waals surface area (Å²) >= 11 is 0. The number of fused-ring (bicyclic) bond motifs is 1. The summed E-state index contributed by atoms with van der Waals surface area (Å²) in [5, 5.41) is 6.98. The molecule has 0 spiro atoms. The van der Waals surface area contributed by atoms with Crippen LogP contribution in [0.2, 0.25) is 0 Å². The molecule has 3 N–H and O–H groups in total. The van der Waals surface area contributed by atoms with E-state index in [1.807, 2.05) is 42.6 Å². The van der Waals surface area contributed by atoms with Crippen LogP contribution < -0.4 is 24.8 Å². The summed E-state index contributed by atoms with van der Waals surface area (Å²) in [7, 11) is 4.83. The first-order valence-electron chi connectivity index (χ1n) is 10.6. The molecule has 0 aliphatic rings. The van der Waals surface area contributed by atoms with Crippen LogP contribution in [-0.2, 0) is 0 Å². The van der Waals surface area contributed by atoms with E-state index < -0.39 is 0 Å². The van der Waals surface area contributed by atoms with Gasteiger partial charge in [0.15, 0.2) is 11.5 Å². The van der Waals surface area contributed by atoms with Gasteiger partial charge >= 0.3 is 6.03 Å². The molecule has 0 fully saturated rings. The van der Waals surface area contributed by atoms with Gasteiger partial charge in [-0.25, -0.2) is 4.79 Å². The Morgan fingerprint density at radius 3 is 2.39 bits per heavy atom. The minimum atomic E-state index is -0.287. The number of carbonyl (C=O) groups is 1. The maximum atomic E-state index is 12.7. The maximum Gasteiger partial charge on any atom is 0.319 e. The smallest absolute Gasteiger partial charge is 0.319 e. The van der Waals surface area contributed by atoms with Crippen LogP contribution in [0.5, 0.6) is 17.2 Å². The number of amides is 2. The molecular weight excluding hydrogens is 418 g/mol. The van der Waals surface area contributed by atoms with Crippen molar-refractivity contribution in [3.05, 3.63) is 84.1 Å². The fourth-order valence-corrected chi connectivity index (χ4v) is 3.90. The van der Waals surface area contributed by atoms with Crippen LogP contribution in [0.3, 0.4) is 0 Å². The summed E-state index contributed by atoms with van der Waals surface area (Å²) in [5.41, 5.74) is 3.81. The summed E-state index contributed by atoms with van der Waals surface area (Å²) in [4.78, 5) is 16.0. The van der Waals surface area contributed by atoms with E-state index in [0.29, 0.717) is 23.7 Å². The van der Waals surface area contributed by atoms with Crippen LogP contribution in [0.15, 0.2) is 72.9 Å². The van der Waals surface area contributed by atoms with Crippen molar-refractivity contribution in [1.29, 1.82) is 0 Å². The predicted octanol–water partition coefficient (Wildman–Crippen LogP) is 5.15. The number of aromatic amines is 1. The SMILES string of the molecule is COc1ccc(NC(=O)NCC(c2ccc(OC)c(OC)c2)c2c[nH]c3ccccc23)cc1. The second-order valence-corrected chi connectivity index (χ2v) is 7.52. The molecule has 2 amide bonds. The molecule has 4 rings (SSSR count). The number of hydrogen-bond acceptors (Lipinski definition) is 4. The number of H-pyrrole nitrogens is 1. The highest BCUT2D eigenvalue weighted by molar-refractivity contribution is 5.89. The highest BCUT2D eigenvalue weighted by atomic mass is 16.5. The Kier molecular flexibility index (Phi) is 6.69. The Balaban J connectivity index is 1.59. The van der Waals surface area contributed by atoms with Crippen LogP contribution in [0.1, 0.15) is 17.0 Å². The summed E-state index contributed by atoms with van der Waals surface area (Å²) in [6.45, 7) is 0.388. The van der Waals surface area contributed by atoms with Crippen molar-refractivity contribution in [3.8, 4) is 17.2 Å². The Morgan fingerprint density at radius 1 is 0.909 bits per heavy atom. The van der Waals surface area contributed by atoms with Crippen LogP contribution in [-0.4, -0.2) is 38.9 Å². The van der Waals surface area contributed by atoms with Crippen molar-refractivity contribution >= 4 is 22.6 Å². The molecule has 170 valence electrons. The van der Waals surface area contributed by atoms with Gasteiger partial charge in [0.2, 0.25) is 0 Å². The first-order chi connectivity index (χ1) is 16.1. The van der Waals surface area contributed by atoms with E-state index in [9.17, 15) is 4.79 Å². The number of urea groups is 1. The largest absolute Gasteiger partial charge is 0.497 e. The third kappa shape index (κ3) is 4.87. The lowest BCUT2D eigenvalue weighted by atomic mass is 9.90. The number of para-hydroxylation sites is 1. The number of carbonyl (C=O) groups excluding carboxylic acids is 1. The molecule has 0 aliphatic heterocycles. The second kappa shape index (κ2) is 9.99. The zero-order valence-corrected chi connectivity index (χ0v) is 18.8. The van der Waals surface area contributed by atoms with E-state index in [0.717, 1.165) is 27.8 Å². The van der Waals surface area contributed by atoms with Crippen molar-refractivity contribution in [2.75, 3.05) is 33.2 Å². The lowest BCUT2D eigenvalue weighted by molar-refractivity contribution is 0.252. The topological polar surface area (TPSA) is 84.6 Å². The molecule has 0 saturated carbocycles. The average molecular weight is 446 g/mol. The van der Waals surface area contributed by atoms with Crippen molar-refractivity contribution < 1.29 is 19.0 Å². The zero-order valence-electron chi connectivity index (χ0n) is 18.8. The van der Waals surface area contributed by atoms with Crippen molar-refractivity contribution in [2.45, 2.75) is 5.92 Å². The van der Waals surface area contributed by atoms with Gasteiger partial charge in [-0.15, -0.1) is 0 Å². The molecule has 0 bridgehead atoms. The lowest BCUT2D eigenvalue weighted by Gasteiger charge is -2.20. The highest BCUT2D eigenvalue weighted by Gasteiger charge is 2.21. The van der Waals surface area contributed by atoms with Crippen molar-refractivity contribution in [2.24, 2.45) is 0 Å². The van der Waals surface area contributed by atoms with Gasteiger partial charge in [-0.2, -0.15) is 0 Å². The van der Waals surface area contributed by atoms with Gasteiger partial charge in [0.25, 0.3) is 0 Å². The number of benzene rings is 3. The maximum absolute atomic E-state index is 12.7. The van der Waals surface area contributed by atoms with E-state index in [4.69, 9.17) is 14.2 Å². The average Bonchev–Trinajstić information content (AvgIpc) is 3.28. The van der Waals surface area contributed by atoms with Crippen molar-refractivity contribution in [1.82, 2.24) is 10.3 Å². The number of anilines is 1. The van der Waals surface area contributed by atoms with E-state index in [2.05, 4.69) is 21.7 Å². The van der Waals surface area contributed by atoms with Crippen LogP contribution >= 0.6 is 0 Å². The van der Waals surface area contributed by atoms with Crippen LogP contribution in [0, 0.1) is 0 Å². The summed E-state index contributed by atoms with van der Waals surface area (Å²) < 4.78 is 16.1. The number of ether oxygens (including phenoxy) is 3. The van der Waals surface area contributed by atoms with Gasteiger partial charge < -0.3 is 29.8 Å². The van der Waals surface area contributed by atoms with Gasteiger partial charge in [-0.1, -0.05) is 24.3 Å². The molecule has 0 saturated heterocycles. The quantitative estimate of drug-likeness (QED) is 0.350. The Hall–Kier alpha value is -4.13. The first kappa shape index (κ1) is 22.1. The minimum absolute atomic E-state index is 0.109. The van der Waals surface area contributed by atoms with Gasteiger partial charge in [0.1, 0.15) is 5.75 Å². The molecule has 1 aromatic heterocycles. The van der Waals surface area contributed by atoms with Crippen molar-refractivity contribution in [3.63, 3.8) is 0 Å². The van der Waals surface area contributed by atoms with Gasteiger partial charge in [0, 0.05) is 35.2 Å². The fourth-order valence-electron chi connectivity index (χ4n) is 3.90. The normalized spacial score (nSPS) is 11.6. The summed E-state index contributed by atoms with van der Waals surface area (Å²) in [6, 6.07) is 20.9. The predicted molar refractivity (Wildman–Crippen MR) is 130 cm³/mol. The number of aromatic nitrogens is 1. The molecule has 33 heavy (non-hydrogen) atoms. The third-order valence-corrected chi connectivity index (χ3v) is 5.62. The minimum Gasteiger partial charge on any atom is -0.497 e. The fraction of sp³-hybridized carbons (Fsp3) is 0.192. The van der Waals surface area contributed by atoms with Crippen LogP contribution in [0.25, 0.3) is 10.9 Å². The third-order valence-electron chi connectivity index (χ3n) is 5.62. The molecule has 1 heterocycles. The molecule has 0 radical (unpaired) electrons. The molecule has 1 unspecified atom stereocenters. The molecule has 3 aromatic carbocycles. The monoisotopic (exact) mass is 445 g/mol. The number of nitrogens with one attached hydrogen (secondary N) is 3. The molecule has 1 atom stereocenters. The van der Waals surface area contributed by atoms with Gasteiger partial charge in [-0.3, -0.25) is 0 Å². The highest BCUT2D eigenvalue weighted by Crippen LogP contribution is 2.35. The number of methoxy groups -OCH3 is 3. The molecule has 7 nitrogen and oxygen atoms in total. The van der Waals surface area contributed by atoms with E-state index in [-0.39, 0.29) is 11.9 Å². The number of rotatable bonds is 8. The Morgan fingerprint density at radius 2 is 1.67 bits per heavy atom. The van der Waals surface area contributed by atoms with Gasteiger partial charge in [0.05, 0.1) is 21.3 Å². The molecule has 0 aliphatic carbocycles. The summed E-state index contributed by atoms with van der Waals surface area (Å²) in [6.07, 6.45) is 2.00. The first-order valence-corrected chi connectivity index (χ1v) is 10.6. The molecule has 4 aromatic rings. The van der Waals surface area contributed by atoms with E-state index in [1.165, 1.54) is 0 Å². The molecular formula is C26H27N3O4. The molecule has 7 heteroatoms. The van der Waals surface area contributed by atoms with E-state index in [1.54, 1.807) is 45.6 Å². The zero-order chi connectivity index (χ0) is 23.2. The second-order valence-electron chi connectivity index (χ2n) is 7.52.